The first kappa shape index (κ1) is 20.7. The van der Waals surface area contributed by atoms with Gasteiger partial charge in [0.05, 0.1) is 12.8 Å². The van der Waals surface area contributed by atoms with Crippen LogP contribution >= 0.6 is 0 Å². The third kappa shape index (κ3) is 5.29. The standard InChI is InChI=1S/C25H22N2O3/c1-18-13-15-19(16-14-18)23(28)17-22(25(29)30-2)26-27-24(20-9-5-3-6-10-20)21-11-7-4-8-12-21/h3-17,26H,1-2H3. The first-order valence-electron chi connectivity index (χ1n) is 9.44. The van der Waals surface area contributed by atoms with Crippen LogP contribution < -0.4 is 5.43 Å². The first-order valence-corrected chi connectivity index (χ1v) is 9.44. The van der Waals surface area contributed by atoms with Gasteiger partial charge in [-0.05, 0) is 6.92 Å². The van der Waals surface area contributed by atoms with Crippen LogP contribution in [0.4, 0.5) is 0 Å². The molecule has 0 atom stereocenters. The minimum Gasteiger partial charge on any atom is -0.464 e. The summed E-state index contributed by atoms with van der Waals surface area (Å²) < 4.78 is 4.82. The maximum atomic E-state index is 12.6. The van der Waals surface area contributed by atoms with Crippen molar-refractivity contribution in [2.75, 3.05) is 7.11 Å². The normalized spacial score (nSPS) is 10.8. The topological polar surface area (TPSA) is 67.8 Å². The van der Waals surface area contributed by atoms with Crippen LogP contribution in [-0.2, 0) is 9.53 Å². The number of benzene rings is 3. The third-order valence-corrected chi connectivity index (χ3v) is 4.40. The Hall–Kier alpha value is -3.99. The quantitative estimate of drug-likeness (QED) is 0.212. The van der Waals surface area contributed by atoms with Crippen molar-refractivity contribution in [3.8, 4) is 0 Å². The summed E-state index contributed by atoms with van der Waals surface area (Å²) in [7, 11) is 1.26. The number of ketones is 1. The molecule has 0 heterocycles. The molecule has 5 heteroatoms. The fraction of sp³-hybridized carbons (Fsp3) is 0.0800. The first-order chi connectivity index (χ1) is 14.6. The van der Waals surface area contributed by atoms with E-state index in [0.717, 1.165) is 16.7 Å². The van der Waals surface area contributed by atoms with Gasteiger partial charge in [-0.1, -0.05) is 90.5 Å². The minimum atomic E-state index is -0.681. The number of nitrogens with one attached hydrogen (secondary N) is 1. The van der Waals surface area contributed by atoms with Crippen LogP contribution in [0.1, 0.15) is 27.0 Å². The second-order valence-electron chi connectivity index (χ2n) is 6.58. The van der Waals surface area contributed by atoms with Crippen molar-refractivity contribution in [1.29, 1.82) is 0 Å². The zero-order valence-electron chi connectivity index (χ0n) is 16.8. The maximum Gasteiger partial charge on any atom is 0.356 e. The summed E-state index contributed by atoms with van der Waals surface area (Å²) in [5.74, 6) is -1.00. The molecule has 0 unspecified atom stereocenters. The van der Waals surface area contributed by atoms with Gasteiger partial charge in [0.2, 0.25) is 0 Å². The van der Waals surface area contributed by atoms with E-state index < -0.39 is 5.97 Å². The predicted octanol–water partition coefficient (Wildman–Crippen LogP) is 4.28. The van der Waals surface area contributed by atoms with Crippen LogP contribution in [0.5, 0.6) is 0 Å². The van der Waals surface area contributed by atoms with Gasteiger partial charge in [0.1, 0.15) is 5.70 Å². The molecule has 0 saturated carbocycles. The highest BCUT2D eigenvalue weighted by atomic mass is 16.5. The van der Waals surface area contributed by atoms with Gasteiger partial charge in [-0.15, -0.1) is 0 Å². The van der Waals surface area contributed by atoms with Gasteiger partial charge < -0.3 is 4.74 Å². The Morgan fingerprint density at radius 3 is 1.83 bits per heavy atom. The van der Waals surface area contributed by atoms with Crippen molar-refractivity contribution in [3.05, 3.63) is 119 Å². The third-order valence-electron chi connectivity index (χ3n) is 4.40. The van der Waals surface area contributed by atoms with E-state index in [1.54, 1.807) is 12.1 Å². The summed E-state index contributed by atoms with van der Waals surface area (Å²) >= 11 is 0. The van der Waals surface area contributed by atoms with Crippen LogP contribution in [0.25, 0.3) is 0 Å². The molecule has 0 radical (unpaired) electrons. The van der Waals surface area contributed by atoms with Crippen LogP contribution in [0.15, 0.2) is 102 Å². The second-order valence-corrected chi connectivity index (χ2v) is 6.58. The summed E-state index contributed by atoms with van der Waals surface area (Å²) in [5.41, 5.74) is 6.56. The number of hydrogen-bond donors (Lipinski definition) is 1. The molecule has 30 heavy (non-hydrogen) atoms. The van der Waals surface area contributed by atoms with Gasteiger partial charge in [-0.3, -0.25) is 10.2 Å². The van der Waals surface area contributed by atoms with E-state index in [1.807, 2.05) is 79.7 Å². The molecule has 0 amide bonds. The Labute approximate surface area is 175 Å². The SMILES string of the molecule is COC(=O)C(=CC(=O)c1ccc(C)cc1)NN=C(c1ccccc1)c1ccccc1. The highest BCUT2D eigenvalue weighted by Crippen LogP contribution is 2.11. The number of methoxy groups -OCH3 is 1. The van der Waals surface area contributed by atoms with E-state index in [9.17, 15) is 9.59 Å². The van der Waals surface area contributed by atoms with Gasteiger partial charge in [0, 0.05) is 22.8 Å². The van der Waals surface area contributed by atoms with E-state index >= 15 is 0 Å². The molecule has 0 bridgehead atoms. The number of nitrogens with zero attached hydrogens (tertiary/aromatic N) is 1. The molecule has 0 aliphatic carbocycles. The zero-order valence-corrected chi connectivity index (χ0v) is 16.8. The van der Waals surface area contributed by atoms with Gasteiger partial charge in [0.15, 0.2) is 5.78 Å². The van der Waals surface area contributed by atoms with Crippen molar-refractivity contribution >= 4 is 17.5 Å². The zero-order chi connectivity index (χ0) is 21.3. The highest BCUT2D eigenvalue weighted by molar-refractivity contribution is 6.13. The van der Waals surface area contributed by atoms with Crippen molar-refractivity contribution in [2.45, 2.75) is 6.92 Å². The number of hydrazone groups is 1. The number of ether oxygens (including phenoxy) is 1. The van der Waals surface area contributed by atoms with Crippen LogP contribution in [0, 0.1) is 6.92 Å². The molecular formula is C25H22N2O3. The average Bonchev–Trinajstić information content (AvgIpc) is 2.79. The fourth-order valence-electron chi connectivity index (χ4n) is 2.78. The van der Waals surface area contributed by atoms with Crippen LogP contribution in [0.2, 0.25) is 0 Å². The molecule has 0 saturated heterocycles. The monoisotopic (exact) mass is 398 g/mol. The van der Waals surface area contributed by atoms with Crippen molar-refractivity contribution in [2.24, 2.45) is 5.10 Å². The van der Waals surface area contributed by atoms with Crippen molar-refractivity contribution in [3.63, 3.8) is 0 Å². The Morgan fingerprint density at radius 1 is 0.800 bits per heavy atom. The van der Waals surface area contributed by atoms with Crippen LogP contribution in [0.3, 0.4) is 0 Å². The molecule has 150 valence electrons. The van der Waals surface area contributed by atoms with E-state index in [1.165, 1.54) is 13.2 Å². The van der Waals surface area contributed by atoms with Crippen LogP contribution in [-0.4, -0.2) is 24.6 Å². The lowest BCUT2D eigenvalue weighted by Crippen LogP contribution is -2.21. The highest BCUT2D eigenvalue weighted by Gasteiger charge is 2.14. The molecule has 0 fully saturated rings. The molecular weight excluding hydrogens is 376 g/mol. The predicted molar refractivity (Wildman–Crippen MR) is 117 cm³/mol. The number of rotatable bonds is 7. The summed E-state index contributed by atoms with van der Waals surface area (Å²) in [5, 5.41) is 4.44. The summed E-state index contributed by atoms with van der Waals surface area (Å²) in [6, 6.07) is 26.3. The number of aryl methyl sites for hydroxylation is 1. The molecule has 3 aromatic carbocycles. The smallest absolute Gasteiger partial charge is 0.356 e. The largest absolute Gasteiger partial charge is 0.464 e. The lowest BCUT2D eigenvalue weighted by Gasteiger charge is -2.10. The Morgan fingerprint density at radius 2 is 1.33 bits per heavy atom. The molecule has 0 spiro atoms. The second kappa shape index (κ2) is 9.98. The molecule has 1 N–H and O–H groups in total. The number of carbonyl (C=O) groups excluding carboxylic acids is 2. The number of hydrogen-bond acceptors (Lipinski definition) is 5. The lowest BCUT2D eigenvalue weighted by molar-refractivity contribution is -0.136. The molecule has 3 rings (SSSR count). The molecule has 5 nitrogen and oxygen atoms in total. The van der Waals surface area contributed by atoms with Gasteiger partial charge in [-0.2, -0.15) is 5.10 Å². The molecule has 0 aromatic heterocycles. The van der Waals surface area contributed by atoms with Crippen molar-refractivity contribution in [1.82, 2.24) is 5.43 Å². The number of esters is 1. The average molecular weight is 398 g/mol. The summed E-state index contributed by atoms with van der Waals surface area (Å²) in [6.45, 7) is 1.94. The van der Waals surface area contributed by atoms with Gasteiger partial charge in [0.25, 0.3) is 0 Å². The van der Waals surface area contributed by atoms with E-state index in [-0.39, 0.29) is 11.5 Å². The summed E-state index contributed by atoms with van der Waals surface area (Å²) in [6.07, 6.45) is 1.20. The van der Waals surface area contributed by atoms with Gasteiger partial charge >= 0.3 is 5.97 Å². The fourth-order valence-corrected chi connectivity index (χ4v) is 2.78. The Kier molecular flexibility index (Phi) is 6.90. The minimum absolute atomic E-state index is 0.0487. The molecule has 0 aliphatic rings. The number of carbonyl (C=O) groups is 2. The van der Waals surface area contributed by atoms with E-state index in [4.69, 9.17) is 4.74 Å². The van der Waals surface area contributed by atoms with E-state index in [2.05, 4.69) is 10.5 Å². The lowest BCUT2D eigenvalue weighted by atomic mass is 10.0. The number of allylic oxidation sites excluding steroid dienone is 1. The maximum absolute atomic E-state index is 12.6. The van der Waals surface area contributed by atoms with Crippen molar-refractivity contribution < 1.29 is 14.3 Å². The Bertz CT molecular complexity index is 1030. The van der Waals surface area contributed by atoms with Gasteiger partial charge in [-0.25, -0.2) is 4.79 Å². The molecule has 3 aromatic rings. The van der Waals surface area contributed by atoms with E-state index in [0.29, 0.717) is 11.3 Å². The molecule has 0 aliphatic heterocycles. The summed E-state index contributed by atoms with van der Waals surface area (Å²) in [4.78, 5) is 24.8. The Balaban J connectivity index is 1.96.